The van der Waals surface area contributed by atoms with Gasteiger partial charge in [0.05, 0.1) is 0 Å². The second kappa shape index (κ2) is 6.89. The second-order valence-corrected chi connectivity index (χ2v) is 6.68. The van der Waals surface area contributed by atoms with Gasteiger partial charge in [-0.05, 0) is 49.4 Å². The van der Waals surface area contributed by atoms with Gasteiger partial charge < -0.3 is 10.2 Å². The van der Waals surface area contributed by atoms with Crippen molar-refractivity contribution in [3.05, 3.63) is 35.6 Å². The number of halogens is 1. The van der Waals surface area contributed by atoms with Crippen molar-refractivity contribution in [1.82, 2.24) is 10.2 Å². The van der Waals surface area contributed by atoms with Gasteiger partial charge in [0.15, 0.2) is 0 Å². The molecule has 0 aromatic heterocycles. The highest BCUT2D eigenvalue weighted by molar-refractivity contribution is 5.22. The van der Waals surface area contributed by atoms with Gasteiger partial charge in [-0.1, -0.05) is 31.9 Å². The molecule has 0 bridgehead atoms. The zero-order chi connectivity index (χ0) is 14.7. The van der Waals surface area contributed by atoms with E-state index in [9.17, 15) is 4.39 Å². The molecule has 0 amide bonds. The van der Waals surface area contributed by atoms with Crippen LogP contribution in [0.3, 0.4) is 0 Å². The average molecular weight is 290 g/mol. The van der Waals surface area contributed by atoms with Crippen molar-refractivity contribution in [2.45, 2.75) is 57.0 Å². The Labute approximate surface area is 127 Å². The topological polar surface area (TPSA) is 15.3 Å². The van der Waals surface area contributed by atoms with Crippen LogP contribution in [0.25, 0.3) is 0 Å². The summed E-state index contributed by atoms with van der Waals surface area (Å²) < 4.78 is 13.1. The minimum Gasteiger partial charge on any atom is -0.310 e. The first kappa shape index (κ1) is 15.0. The van der Waals surface area contributed by atoms with Crippen LogP contribution in [0.1, 0.15) is 50.5 Å². The van der Waals surface area contributed by atoms with Crippen LogP contribution in [-0.2, 0) is 0 Å². The van der Waals surface area contributed by atoms with E-state index in [-0.39, 0.29) is 5.82 Å². The summed E-state index contributed by atoms with van der Waals surface area (Å²) in [5.41, 5.74) is 1.28. The summed E-state index contributed by atoms with van der Waals surface area (Å²) >= 11 is 0. The van der Waals surface area contributed by atoms with Crippen LogP contribution in [0.2, 0.25) is 0 Å². The van der Waals surface area contributed by atoms with Crippen molar-refractivity contribution in [3.63, 3.8) is 0 Å². The molecule has 0 spiro atoms. The Hall–Kier alpha value is -0.930. The van der Waals surface area contributed by atoms with E-state index in [1.807, 2.05) is 12.1 Å². The van der Waals surface area contributed by atoms with E-state index in [4.69, 9.17) is 0 Å². The molecular formula is C18H27FN2. The minimum atomic E-state index is -0.137. The third kappa shape index (κ3) is 3.83. The smallest absolute Gasteiger partial charge is 0.123 e. The fraction of sp³-hybridized carbons (Fsp3) is 0.667. The highest BCUT2D eigenvalue weighted by Crippen LogP contribution is 2.28. The van der Waals surface area contributed by atoms with E-state index in [1.165, 1.54) is 37.7 Å². The predicted octanol–water partition coefficient (Wildman–Crippen LogP) is 3.54. The van der Waals surface area contributed by atoms with E-state index < -0.39 is 0 Å². The Morgan fingerprint density at radius 3 is 2.48 bits per heavy atom. The summed E-state index contributed by atoms with van der Waals surface area (Å²) in [7, 11) is 0. The molecule has 1 aromatic rings. The molecule has 2 unspecified atom stereocenters. The lowest BCUT2D eigenvalue weighted by atomic mass is 9.87. The maximum atomic E-state index is 13.1. The highest BCUT2D eigenvalue weighted by atomic mass is 19.1. The van der Waals surface area contributed by atoms with Crippen LogP contribution in [-0.4, -0.2) is 36.6 Å². The molecule has 0 radical (unpaired) electrons. The van der Waals surface area contributed by atoms with Gasteiger partial charge in [-0.25, -0.2) is 4.39 Å². The number of nitrogens with one attached hydrogen (secondary N) is 1. The van der Waals surface area contributed by atoms with E-state index in [0.29, 0.717) is 12.0 Å². The number of nitrogens with zero attached hydrogens (tertiary/aromatic N) is 1. The molecule has 2 nitrogen and oxygen atoms in total. The van der Waals surface area contributed by atoms with Gasteiger partial charge in [0.2, 0.25) is 0 Å². The second-order valence-electron chi connectivity index (χ2n) is 6.68. The lowest BCUT2D eigenvalue weighted by molar-refractivity contribution is 0.171. The molecule has 116 valence electrons. The SMILES string of the molecule is CCN1CC(NC2CCCC2)CC(c2ccc(F)cc2)C1. The third-order valence-corrected chi connectivity index (χ3v) is 5.14. The molecule has 1 aliphatic heterocycles. The maximum Gasteiger partial charge on any atom is 0.123 e. The minimum absolute atomic E-state index is 0.137. The van der Waals surface area contributed by atoms with Crippen LogP contribution in [0.4, 0.5) is 4.39 Å². The number of hydrogen-bond donors (Lipinski definition) is 1. The van der Waals surface area contributed by atoms with Gasteiger partial charge in [-0.15, -0.1) is 0 Å². The maximum absolute atomic E-state index is 13.1. The average Bonchev–Trinajstić information content (AvgIpc) is 3.00. The van der Waals surface area contributed by atoms with E-state index in [1.54, 1.807) is 12.1 Å². The lowest BCUT2D eigenvalue weighted by Crippen LogP contribution is -2.50. The largest absolute Gasteiger partial charge is 0.310 e. The molecule has 1 saturated heterocycles. The van der Waals surface area contributed by atoms with Gasteiger partial charge in [0.1, 0.15) is 5.82 Å². The molecule has 2 fully saturated rings. The van der Waals surface area contributed by atoms with E-state index in [0.717, 1.165) is 25.7 Å². The molecular weight excluding hydrogens is 263 g/mol. The summed E-state index contributed by atoms with van der Waals surface area (Å²) in [6, 6.07) is 8.43. The van der Waals surface area contributed by atoms with Crippen LogP contribution >= 0.6 is 0 Å². The number of likely N-dealkylation sites (N-methyl/N-ethyl adjacent to an activating group) is 1. The lowest BCUT2D eigenvalue weighted by Gasteiger charge is -2.39. The molecule has 1 heterocycles. The number of likely N-dealkylation sites (tertiary alicyclic amines) is 1. The first-order chi connectivity index (χ1) is 10.2. The predicted molar refractivity (Wildman–Crippen MR) is 85.1 cm³/mol. The Bertz CT molecular complexity index is 439. The summed E-state index contributed by atoms with van der Waals surface area (Å²) in [6.45, 7) is 5.59. The first-order valence-electron chi connectivity index (χ1n) is 8.48. The first-order valence-corrected chi connectivity index (χ1v) is 8.48. The third-order valence-electron chi connectivity index (χ3n) is 5.14. The standard InChI is InChI=1S/C18H27FN2/c1-2-21-12-15(14-7-9-16(19)10-8-14)11-18(13-21)20-17-5-3-4-6-17/h7-10,15,17-18,20H,2-6,11-13H2,1H3. The van der Waals surface area contributed by atoms with Gasteiger partial charge in [-0.3, -0.25) is 0 Å². The van der Waals surface area contributed by atoms with Crippen molar-refractivity contribution in [1.29, 1.82) is 0 Å². The van der Waals surface area contributed by atoms with Crippen LogP contribution in [0, 0.1) is 5.82 Å². The number of hydrogen-bond acceptors (Lipinski definition) is 2. The molecule has 2 atom stereocenters. The zero-order valence-electron chi connectivity index (χ0n) is 13.0. The molecule has 1 aliphatic carbocycles. The van der Waals surface area contributed by atoms with Gasteiger partial charge in [0, 0.05) is 25.2 Å². The fourth-order valence-electron chi connectivity index (χ4n) is 3.97. The van der Waals surface area contributed by atoms with Gasteiger partial charge in [0.25, 0.3) is 0 Å². The Balaban J connectivity index is 1.66. The molecule has 2 aliphatic rings. The molecule has 1 aromatic carbocycles. The van der Waals surface area contributed by atoms with Crippen LogP contribution < -0.4 is 5.32 Å². The summed E-state index contributed by atoms with van der Waals surface area (Å²) in [4.78, 5) is 2.53. The highest BCUT2D eigenvalue weighted by Gasteiger charge is 2.29. The summed E-state index contributed by atoms with van der Waals surface area (Å²) in [5, 5.41) is 3.88. The molecule has 3 rings (SSSR count). The summed E-state index contributed by atoms with van der Waals surface area (Å²) in [6.07, 6.45) is 6.61. The number of rotatable bonds is 4. The van der Waals surface area contributed by atoms with Crippen molar-refractivity contribution in [3.8, 4) is 0 Å². The number of piperidine rings is 1. The van der Waals surface area contributed by atoms with Crippen molar-refractivity contribution in [2.75, 3.05) is 19.6 Å². The Morgan fingerprint density at radius 1 is 1.10 bits per heavy atom. The number of benzene rings is 1. The summed E-state index contributed by atoms with van der Waals surface area (Å²) in [5.74, 6) is 0.390. The molecule has 3 heteroatoms. The van der Waals surface area contributed by atoms with Crippen molar-refractivity contribution < 1.29 is 4.39 Å². The van der Waals surface area contributed by atoms with E-state index in [2.05, 4.69) is 17.1 Å². The Kier molecular flexibility index (Phi) is 4.91. The van der Waals surface area contributed by atoms with E-state index >= 15 is 0 Å². The fourth-order valence-corrected chi connectivity index (χ4v) is 3.97. The van der Waals surface area contributed by atoms with Crippen molar-refractivity contribution >= 4 is 0 Å². The normalized spacial score (nSPS) is 28.1. The molecule has 1 saturated carbocycles. The van der Waals surface area contributed by atoms with Gasteiger partial charge >= 0.3 is 0 Å². The monoisotopic (exact) mass is 290 g/mol. The quantitative estimate of drug-likeness (QED) is 0.912. The molecule has 21 heavy (non-hydrogen) atoms. The Morgan fingerprint density at radius 2 is 1.81 bits per heavy atom. The van der Waals surface area contributed by atoms with Crippen LogP contribution in [0.5, 0.6) is 0 Å². The van der Waals surface area contributed by atoms with Gasteiger partial charge in [-0.2, -0.15) is 0 Å². The van der Waals surface area contributed by atoms with Crippen molar-refractivity contribution in [2.24, 2.45) is 0 Å². The zero-order valence-corrected chi connectivity index (χ0v) is 13.0. The molecule has 1 N–H and O–H groups in total. The van der Waals surface area contributed by atoms with Crippen LogP contribution in [0.15, 0.2) is 24.3 Å².